The van der Waals surface area contributed by atoms with Crippen LogP contribution in [0.25, 0.3) is 0 Å². The van der Waals surface area contributed by atoms with Crippen molar-refractivity contribution in [2.75, 3.05) is 7.05 Å². The topological polar surface area (TPSA) is 66.3 Å². The molecule has 289 valence electrons. The molecule has 0 amide bonds. The van der Waals surface area contributed by atoms with Gasteiger partial charge in [-0.3, -0.25) is 10.2 Å². The quantitative estimate of drug-likeness (QED) is 0.0698. The summed E-state index contributed by atoms with van der Waals surface area (Å²) in [5, 5.41) is 8.44. The summed E-state index contributed by atoms with van der Waals surface area (Å²) >= 11 is 0. The van der Waals surface area contributed by atoms with E-state index >= 15 is 0 Å². The van der Waals surface area contributed by atoms with Crippen LogP contribution >= 0.6 is 0 Å². The van der Waals surface area contributed by atoms with Crippen molar-refractivity contribution in [1.82, 2.24) is 15.5 Å². The average Bonchev–Trinajstić information content (AvgIpc) is 3.26. The molecule has 6 aromatic rings. The Morgan fingerprint density at radius 2 is 0.804 bits per heavy atom. The molecule has 0 aromatic heterocycles. The van der Waals surface area contributed by atoms with Crippen molar-refractivity contribution in [3.63, 3.8) is 0 Å². The lowest BCUT2D eigenvalue weighted by Gasteiger charge is -2.34. The van der Waals surface area contributed by atoms with E-state index in [1.807, 2.05) is 92.0 Å². The first kappa shape index (κ1) is 40.1. The van der Waals surface area contributed by atoms with E-state index in [0.29, 0.717) is 51.0 Å². The van der Waals surface area contributed by atoms with E-state index in [0.717, 1.165) is 57.7 Å². The fourth-order valence-electron chi connectivity index (χ4n) is 6.53. The van der Waals surface area contributed by atoms with Crippen molar-refractivity contribution in [2.24, 2.45) is 0 Å². The Bertz CT molecular complexity index is 1870. The lowest BCUT2D eigenvalue weighted by Crippen LogP contribution is -2.51. The van der Waals surface area contributed by atoms with Gasteiger partial charge in [-0.15, -0.1) is 0 Å². The molecule has 6 aromatic carbocycles. The zero-order chi connectivity index (χ0) is 38.8. The molecule has 0 aliphatic rings. The summed E-state index contributed by atoms with van der Waals surface area (Å²) in [6.45, 7) is 7.50. The number of nitrogens with one attached hydrogen (secondary N) is 1. The van der Waals surface area contributed by atoms with Crippen molar-refractivity contribution < 1.29 is 18.9 Å². The molecular weight excluding hydrogens is 695 g/mol. The lowest BCUT2D eigenvalue weighted by molar-refractivity contribution is 0.123. The molecule has 2 unspecified atom stereocenters. The van der Waals surface area contributed by atoms with Crippen molar-refractivity contribution in [3.05, 3.63) is 191 Å². The number of rotatable bonds is 22. The molecule has 0 spiro atoms. The molecule has 0 saturated heterocycles. The van der Waals surface area contributed by atoms with Crippen LogP contribution < -0.4 is 29.6 Å². The molecule has 1 radical (unpaired) electrons. The molecule has 0 fully saturated rings. The Hall–Kier alpha value is -5.60. The van der Waals surface area contributed by atoms with Crippen molar-refractivity contribution in [1.29, 1.82) is 0 Å². The number of hydrogen-bond donors (Lipinski definition) is 1. The molecule has 1 N–H and O–H groups in total. The van der Waals surface area contributed by atoms with E-state index in [2.05, 4.69) is 102 Å². The normalized spacial score (nSPS) is 12.2. The molecular formula is C49H54N3O4. The smallest absolute Gasteiger partial charge is 0.162 e. The summed E-state index contributed by atoms with van der Waals surface area (Å²) in [5.41, 5.74) is 6.63. The molecule has 2 atom stereocenters. The minimum Gasteiger partial charge on any atom is -0.485 e. The van der Waals surface area contributed by atoms with E-state index < -0.39 is 0 Å². The number of hydrogen-bond acceptors (Lipinski definition) is 6. The third-order valence-corrected chi connectivity index (χ3v) is 9.65. The Kier molecular flexibility index (Phi) is 15.4. The van der Waals surface area contributed by atoms with Crippen molar-refractivity contribution >= 4 is 0 Å². The molecule has 0 aliphatic carbocycles. The molecule has 7 nitrogen and oxygen atoms in total. The highest BCUT2D eigenvalue weighted by atomic mass is 16.5. The fourth-order valence-corrected chi connectivity index (χ4v) is 6.53. The Labute approximate surface area is 333 Å². The standard InChI is InChI=1S/C49H54N3O4/c1-4-48(50-3)51-49(5-2)52(32-42-26-28-44(53-34-38-18-10-6-11-19-38)46(30-42)55-36-40-22-14-8-15-23-40)33-43-27-29-45(54-35-39-20-12-7-13-21-39)47(31-43)56-37-41-24-16-9-17-25-41/h6-31,48-49,51H,4-5,32-37H2,1-3H3. The van der Waals surface area contributed by atoms with Crippen LogP contribution in [0.2, 0.25) is 0 Å². The zero-order valence-electron chi connectivity index (χ0n) is 32.9. The maximum absolute atomic E-state index is 6.48. The first-order valence-electron chi connectivity index (χ1n) is 19.6. The van der Waals surface area contributed by atoms with Gasteiger partial charge in [-0.05, 0) is 70.5 Å². The maximum Gasteiger partial charge on any atom is 0.162 e. The van der Waals surface area contributed by atoms with Gasteiger partial charge < -0.3 is 18.9 Å². The van der Waals surface area contributed by atoms with Gasteiger partial charge in [0.2, 0.25) is 0 Å². The zero-order valence-corrected chi connectivity index (χ0v) is 32.9. The molecule has 6 rings (SSSR count). The minimum atomic E-state index is 0.0412. The second-order valence-electron chi connectivity index (χ2n) is 13.8. The molecule has 0 aliphatic heterocycles. The van der Waals surface area contributed by atoms with Crippen LogP contribution in [0.1, 0.15) is 60.1 Å². The highest BCUT2D eigenvalue weighted by Crippen LogP contribution is 2.33. The van der Waals surface area contributed by atoms with Gasteiger partial charge in [0.05, 0.1) is 12.3 Å². The lowest BCUT2D eigenvalue weighted by atomic mass is 10.1. The summed E-state index contributed by atoms with van der Waals surface area (Å²) in [7, 11) is 1.88. The summed E-state index contributed by atoms with van der Waals surface area (Å²) in [5.74, 6) is 2.87. The third-order valence-electron chi connectivity index (χ3n) is 9.65. The van der Waals surface area contributed by atoms with E-state index in [1.54, 1.807) is 0 Å². The fraction of sp³-hybridized carbons (Fsp3) is 0.265. The SMILES string of the molecule is CCC([N]C)NC(CC)N(Cc1ccc(OCc2ccccc2)c(OCc2ccccc2)c1)Cc1ccc(OCc2ccccc2)c(OCc2ccccc2)c1. The van der Waals surface area contributed by atoms with Crippen LogP contribution in [-0.2, 0) is 39.5 Å². The minimum absolute atomic E-state index is 0.0412. The second-order valence-corrected chi connectivity index (χ2v) is 13.8. The van der Waals surface area contributed by atoms with E-state index in [9.17, 15) is 0 Å². The van der Waals surface area contributed by atoms with Gasteiger partial charge in [0, 0.05) is 20.1 Å². The summed E-state index contributed by atoms with van der Waals surface area (Å²) in [6, 6.07) is 53.5. The molecule has 0 bridgehead atoms. The van der Waals surface area contributed by atoms with Gasteiger partial charge in [-0.1, -0.05) is 147 Å². The van der Waals surface area contributed by atoms with Gasteiger partial charge in [-0.25, -0.2) is 5.32 Å². The first-order chi connectivity index (χ1) is 27.6. The highest BCUT2D eigenvalue weighted by Gasteiger charge is 2.22. The van der Waals surface area contributed by atoms with Gasteiger partial charge in [0.25, 0.3) is 0 Å². The van der Waals surface area contributed by atoms with E-state index in [4.69, 9.17) is 18.9 Å². The van der Waals surface area contributed by atoms with Crippen molar-refractivity contribution in [3.8, 4) is 23.0 Å². The predicted octanol–water partition coefficient (Wildman–Crippen LogP) is 10.3. The number of nitrogens with zero attached hydrogens (tertiary/aromatic N) is 2. The molecule has 0 heterocycles. The van der Waals surface area contributed by atoms with Crippen LogP contribution in [0, 0.1) is 0 Å². The Morgan fingerprint density at radius 1 is 0.446 bits per heavy atom. The van der Waals surface area contributed by atoms with Gasteiger partial charge >= 0.3 is 0 Å². The third kappa shape index (κ3) is 12.2. The van der Waals surface area contributed by atoms with Crippen LogP contribution in [0.15, 0.2) is 158 Å². The van der Waals surface area contributed by atoms with E-state index in [1.165, 1.54) is 0 Å². The maximum atomic E-state index is 6.48. The van der Waals surface area contributed by atoms with Crippen LogP contribution in [-0.4, -0.2) is 24.3 Å². The summed E-state index contributed by atoms with van der Waals surface area (Å²) < 4.78 is 25.7. The van der Waals surface area contributed by atoms with Crippen molar-refractivity contribution in [2.45, 2.75) is 78.5 Å². The van der Waals surface area contributed by atoms with Gasteiger partial charge in [-0.2, -0.15) is 0 Å². The molecule has 56 heavy (non-hydrogen) atoms. The molecule has 0 saturated carbocycles. The second kappa shape index (κ2) is 21.5. The van der Waals surface area contributed by atoms with Crippen LogP contribution in [0.3, 0.4) is 0 Å². The summed E-state index contributed by atoms with van der Waals surface area (Å²) in [6.07, 6.45) is 1.88. The van der Waals surface area contributed by atoms with Gasteiger partial charge in [0.15, 0.2) is 23.0 Å². The summed E-state index contributed by atoms with van der Waals surface area (Å²) in [4.78, 5) is 2.47. The monoisotopic (exact) mass is 748 g/mol. The number of benzene rings is 6. The number of ether oxygens (including phenoxy) is 4. The van der Waals surface area contributed by atoms with Crippen LogP contribution in [0.4, 0.5) is 0 Å². The average molecular weight is 749 g/mol. The van der Waals surface area contributed by atoms with Crippen LogP contribution in [0.5, 0.6) is 23.0 Å². The van der Waals surface area contributed by atoms with E-state index in [-0.39, 0.29) is 12.3 Å². The first-order valence-corrected chi connectivity index (χ1v) is 19.6. The van der Waals surface area contributed by atoms with Gasteiger partial charge in [0.1, 0.15) is 26.4 Å². The molecule has 7 heteroatoms. The predicted molar refractivity (Wildman–Crippen MR) is 225 cm³/mol. The Balaban J connectivity index is 1.28. The highest BCUT2D eigenvalue weighted by molar-refractivity contribution is 5.45. The Morgan fingerprint density at radius 3 is 1.12 bits per heavy atom. The largest absolute Gasteiger partial charge is 0.485 e.